The van der Waals surface area contributed by atoms with Crippen LogP contribution in [-0.4, -0.2) is 57.3 Å². The van der Waals surface area contributed by atoms with Crippen LogP contribution in [0, 0.1) is 0 Å². The van der Waals surface area contributed by atoms with Crippen molar-refractivity contribution in [1.29, 1.82) is 0 Å². The van der Waals surface area contributed by atoms with E-state index in [0.717, 1.165) is 48.1 Å². The molecule has 1 saturated carbocycles. The van der Waals surface area contributed by atoms with E-state index in [9.17, 15) is 9.59 Å². The van der Waals surface area contributed by atoms with Gasteiger partial charge in [0.2, 0.25) is 0 Å². The molecule has 3 aromatic rings. The Balaban J connectivity index is 1.24. The van der Waals surface area contributed by atoms with E-state index in [1.807, 2.05) is 57.2 Å². The molecule has 1 amide bonds. The van der Waals surface area contributed by atoms with Crippen molar-refractivity contribution in [2.45, 2.75) is 102 Å². The third kappa shape index (κ3) is 8.90. The van der Waals surface area contributed by atoms with Gasteiger partial charge in [0, 0.05) is 34.7 Å². The minimum Gasteiger partial charge on any atom is -0.461 e. The normalized spacial score (nSPS) is 18.8. The number of nitrogens with zero attached hydrogens (tertiary/aromatic N) is 3. The molecule has 9 nitrogen and oxygen atoms in total. The number of anilines is 1. The predicted octanol–water partition coefficient (Wildman–Crippen LogP) is 7.16. The fourth-order valence-corrected chi connectivity index (χ4v) is 6.63. The standard InChI is InChI=1S/C35H43Cl2N5O4/c1-35(2,3)46-34(44)42-17-16-24(19-31(42)33(43)45-25-10-4-5-11-25)39-20-22-8-6-9-23(18-22)30-21-40-32(38)29(41-30)15-14-26-27(36)12-7-13-28(26)37/h6-9,12-13,18,21,24-25,31,39H,4-5,10-11,14-17,19-20H2,1-3H3,(H2,38,40). The summed E-state index contributed by atoms with van der Waals surface area (Å²) in [4.78, 5) is 37.2. The summed E-state index contributed by atoms with van der Waals surface area (Å²) in [5.74, 6) is 0.0317. The summed E-state index contributed by atoms with van der Waals surface area (Å²) in [6.07, 6.45) is 7.26. The van der Waals surface area contributed by atoms with E-state index >= 15 is 0 Å². The van der Waals surface area contributed by atoms with E-state index in [0.29, 0.717) is 60.3 Å². The van der Waals surface area contributed by atoms with Gasteiger partial charge in [0.05, 0.1) is 17.6 Å². The number of piperidine rings is 1. The maximum Gasteiger partial charge on any atom is 0.411 e. The van der Waals surface area contributed by atoms with Crippen LogP contribution in [0.4, 0.5) is 10.6 Å². The fraction of sp³-hybridized carbons (Fsp3) is 0.486. The highest BCUT2D eigenvalue weighted by atomic mass is 35.5. The minimum atomic E-state index is -0.697. The molecule has 1 aliphatic carbocycles. The zero-order valence-electron chi connectivity index (χ0n) is 26.7. The highest BCUT2D eigenvalue weighted by Gasteiger charge is 2.40. The number of amides is 1. The molecule has 2 aliphatic rings. The zero-order chi connectivity index (χ0) is 32.8. The molecule has 246 valence electrons. The van der Waals surface area contributed by atoms with Gasteiger partial charge in [-0.25, -0.2) is 19.6 Å². The SMILES string of the molecule is CC(C)(C)OC(=O)N1CCC(NCc2cccc(-c3cnc(N)c(CCc4c(Cl)cccc4Cl)n3)c2)CC1C(=O)OC1CCCC1. The Kier molecular flexibility index (Phi) is 11.1. The summed E-state index contributed by atoms with van der Waals surface area (Å²) in [7, 11) is 0. The highest BCUT2D eigenvalue weighted by molar-refractivity contribution is 6.36. The average Bonchev–Trinajstić information content (AvgIpc) is 3.53. The summed E-state index contributed by atoms with van der Waals surface area (Å²) >= 11 is 12.7. The van der Waals surface area contributed by atoms with Crippen molar-refractivity contribution >= 4 is 41.1 Å². The smallest absolute Gasteiger partial charge is 0.411 e. The number of nitrogens with two attached hydrogens (primary N) is 1. The second kappa shape index (κ2) is 15.0. The number of carbonyl (C=O) groups is 2. The number of benzene rings is 2. The van der Waals surface area contributed by atoms with Crippen molar-refractivity contribution in [2.75, 3.05) is 12.3 Å². The Morgan fingerprint density at radius 3 is 2.48 bits per heavy atom. The van der Waals surface area contributed by atoms with Crippen LogP contribution in [0.25, 0.3) is 11.3 Å². The predicted molar refractivity (Wildman–Crippen MR) is 181 cm³/mol. The van der Waals surface area contributed by atoms with Gasteiger partial charge in [0.15, 0.2) is 0 Å². The molecule has 0 bridgehead atoms. The van der Waals surface area contributed by atoms with E-state index in [-0.39, 0.29) is 18.1 Å². The van der Waals surface area contributed by atoms with Crippen LogP contribution < -0.4 is 11.1 Å². The van der Waals surface area contributed by atoms with Crippen LogP contribution in [-0.2, 0) is 33.7 Å². The molecular formula is C35H43Cl2N5O4. The Morgan fingerprint density at radius 1 is 1.04 bits per heavy atom. The van der Waals surface area contributed by atoms with E-state index < -0.39 is 17.7 Å². The largest absolute Gasteiger partial charge is 0.461 e. The number of nitrogens with one attached hydrogen (secondary N) is 1. The number of aromatic nitrogens is 2. The van der Waals surface area contributed by atoms with Crippen molar-refractivity contribution in [2.24, 2.45) is 0 Å². The summed E-state index contributed by atoms with van der Waals surface area (Å²) in [6.45, 7) is 6.46. The van der Waals surface area contributed by atoms with Gasteiger partial charge in [-0.1, -0.05) is 47.5 Å². The molecule has 1 saturated heterocycles. The van der Waals surface area contributed by atoms with Gasteiger partial charge in [-0.15, -0.1) is 0 Å². The van der Waals surface area contributed by atoms with Gasteiger partial charge in [-0.2, -0.15) is 0 Å². The lowest BCUT2D eigenvalue weighted by Crippen LogP contribution is -2.55. The van der Waals surface area contributed by atoms with Gasteiger partial charge < -0.3 is 20.5 Å². The molecule has 3 N–H and O–H groups in total. The number of likely N-dealkylation sites (tertiary alicyclic amines) is 1. The molecule has 2 heterocycles. The zero-order valence-corrected chi connectivity index (χ0v) is 28.2. The molecule has 1 aliphatic heterocycles. The monoisotopic (exact) mass is 667 g/mol. The molecule has 0 radical (unpaired) electrons. The van der Waals surface area contributed by atoms with Gasteiger partial charge in [-0.3, -0.25) is 4.90 Å². The van der Waals surface area contributed by atoms with Crippen LogP contribution in [0.5, 0.6) is 0 Å². The quantitative estimate of drug-likeness (QED) is 0.231. The number of hydrogen-bond donors (Lipinski definition) is 2. The number of esters is 1. The Hall–Kier alpha value is -3.40. The highest BCUT2D eigenvalue weighted by Crippen LogP contribution is 2.28. The van der Waals surface area contributed by atoms with Crippen LogP contribution in [0.3, 0.4) is 0 Å². The van der Waals surface area contributed by atoms with Crippen molar-refractivity contribution in [3.8, 4) is 11.3 Å². The molecule has 2 fully saturated rings. The van der Waals surface area contributed by atoms with Crippen molar-refractivity contribution in [1.82, 2.24) is 20.2 Å². The lowest BCUT2D eigenvalue weighted by Gasteiger charge is -2.39. The molecular weight excluding hydrogens is 625 g/mol. The Bertz CT molecular complexity index is 1520. The molecule has 5 rings (SSSR count). The fourth-order valence-electron chi connectivity index (χ4n) is 6.04. The lowest BCUT2D eigenvalue weighted by atomic mass is 9.96. The molecule has 2 unspecified atom stereocenters. The Labute approximate surface area is 281 Å². The van der Waals surface area contributed by atoms with Crippen molar-refractivity contribution in [3.63, 3.8) is 0 Å². The molecule has 0 spiro atoms. The third-order valence-electron chi connectivity index (χ3n) is 8.46. The average molecular weight is 669 g/mol. The van der Waals surface area contributed by atoms with E-state index in [2.05, 4.69) is 16.4 Å². The summed E-state index contributed by atoms with van der Waals surface area (Å²) < 4.78 is 11.5. The minimum absolute atomic E-state index is 0.0167. The number of hydrogen-bond acceptors (Lipinski definition) is 8. The van der Waals surface area contributed by atoms with Gasteiger partial charge >= 0.3 is 12.1 Å². The van der Waals surface area contributed by atoms with Crippen LogP contribution in [0.15, 0.2) is 48.7 Å². The first-order valence-electron chi connectivity index (χ1n) is 16.0. The maximum atomic E-state index is 13.3. The third-order valence-corrected chi connectivity index (χ3v) is 9.16. The summed E-state index contributed by atoms with van der Waals surface area (Å²) in [6, 6.07) is 12.9. The van der Waals surface area contributed by atoms with Gasteiger partial charge in [0.25, 0.3) is 0 Å². The maximum absolute atomic E-state index is 13.3. The number of nitrogen functional groups attached to an aromatic ring is 1. The number of carbonyl (C=O) groups excluding carboxylic acids is 2. The second-order valence-corrected chi connectivity index (χ2v) is 13.9. The van der Waals surface area contributed by atoms with E-state index in [1.54, 1.807) is 11.1 Å². The number of halogens is 2. The van der Waals surface area contributed by atoms with E-state index in [1.165, 1.54) is 0 Å². The molecule has 11 heteroatoms. The number of rotatable bonds is 9. The summed E-state index contributed by atoms with van der Waals surface area (Å²) in [5, 5.41) is 4.83. The number of aryl methyl sites for hydroxylation is 1. The van der Waals surface area contributed by atoms with Gasteiger partial charge in [-0.05, 0) is 101 Å². The molecule has 46 heavy (non-hydrogen) atoms. The van der Waals surface area contributed by atoms with E-state index in [4.69, 9.17) is 43.4 Å². The van der Waals surface area contributed by atoms with Crippen LogP contribution in [0.1, 0.15) is 76.1 Å². The van der Waals surface area contributed by atoms with Crippen molar-refractivity contribution < 1.29 is 19.1 Å². The first-order valence-corrected chi connectivity index (χ1v) is 16.8. The number of ether oxygens (including phenoxy) is 2. The van der Waals surface area contributed by atoms with Crippen molar-refractivity contribution in [3.05, 3.63) is 75.5 Å². The Morgan fingerprint density at radius 2 is 1.76 bits per heavy atom. The topological polar surface area (TPSA) is 120 Å². The van der Waals surface area contributed by atoms with Crippen LogP contribution in [0.2, 0.25) is 10.0 Å². The molecule has 2 atom stereocenters. The van der Waals surface area contributed by atoms with Gasteiger partial charge in [0.1, 0.15) is 23.6 Å². The summed E-state index contributed by atoms with van der Waals surface area (Å²) in [5.41, 5.74) is 9.77. The first kappa shape index (κ1) is 33.9. The second-order valence-electron chi connectivity index (χ2n) is 13.1. The molecule has 1 aromatic heterocycles. The molecule has 2 aromatic carbocycles. The van der Waals surface area contributed by atoms with Crippen LogP contribution >= 0.6 is 23.2 Å². The lowest BCUT2D eigenvalue weighted by molar-refractivity contribution is -0.156. The first-order chi connectivity index (χ1) is 22.0.